The summed E-state index contributed by atoms with van der Waals surface area (Å²) in [6.45, 7) is 2.08. The molecule has 2 heterocycles. The third-order valence-electron chi connectivity index (χ3n) is 3.66. The molecule has 0 aliphatic heterocycles. The van der Waals surface area contributed by atoms with Gasteiger partial charge in [-0.05, 0) is 59.0 Å². The second kappa shape index (κ2) is 7.81. The zero-order valence-corrected chi connectivity index (χ0v) is 15.4. The molecule has 0 radical (unpaired) electrons. The van der Waals surface area contributed by atoms with Gasteiger partial charge >= 0.3 is 0 Å². The Balaban J connectivity index is 1.67. The van der Waals surface area contributed by atoms with Crippen LogP contribution in [0, 0.1) is 0 Å². The van der Waals surface area contributed by atoms with E-state index >= 15 is 0 Å². The Hall–Kier alpha value is -2.16. The molecule has 25 heavy (non-hydrogen) atoms. The van der Waals surface area contributed by atoms with Crippen LogP contribution in [0.3, 0.4) is 0 Å². The fourth-order valence-corrected chi connectivity index (χ4v) is 4.60. The second-order valence-electron chi connectivity index (χ2n) is 5.49. The lowest BCUT2D eigenvalue weighted by Gasteiger charge is -2.09. The summed E-state index contributed by atoms with van der Waals surface area (Å²) in [5.41, 5.74) is 1.74. The largest absolute Gasteiger partial charge is 0.394 e. The molecule has 0 saturated carbocycles. The molecule has 8 heteroatoms. The van der Waals surface area contributed by atoms with Gasteiger partial charge in [0.25, 0.3) is 10.0 Å². The van der Waals surface area contributed by atoms with Gasteiger partial charge in [-0.3, -0.25) is 0 Å². The second-order valence-corrected chi connectivity index (χ2v) is 8.25. The minimum absolute atomic E-state index is 0.316. The highest BCUT2D eigenvalue weighted by atomic mass is 32.2. The first kappa shape index (κ1) is 17.7. The Morgan fingerprint density at radius 2 is 2.04 bits per heavy atom. The van der Waals surface area contributed by atoms with E-state index in [1.165, 1.54) is 11.3 Å². The van der Waals surface area contributed by atoms with Crippen molar-refractivity contribution in [1.82, 2.24) is 14.4 Å². The number of rotatable bonds is 8. The lowest BCUT2D eigenvalue weighted by Crippen LogP contribution is -2.27. The van der Waals surface area contributed by atoms with E-state index in [2.05, 4.69) is 16.8 Å². The van der Waals surface area contributed by atoms with Crippen molar-refractivity contribution >= 4 is 21.4 Å². The molecule has 0 saturated heterocycles. The molecule has 0 fully saturated rings. The van der Waals surface area contributed by atoms with E-state index in [1.54, 1.807) is 30.0 Å². The summed E-state index contributed by atoms with van der Waals surface area (Å²) >= 11 is 1.20. The summed E-state index contributed by atoms with van der Waals surface area (Å²) in [4.78, 5) is 11.5. The Morgan fingerprint density at radius 3 is 2.72 bits per heavy atom. The number of unbranched alkanes of at least 4 members (excludes halogenated alkanes) is 1. The van der Waals surface area contributed by atoms with Crippen LogP contribution in [0.4, 0.5) is 0 Å². The van der Waals surface area contributed by atoms with Crippen molar-refractivity contribution in [2.24, 2.45) is 0 Å². The van der Waals surface area contributed by atoms with E-state index in [-0.39, 0.29) is 0 Å². The highest BCUT2D eigenvalue weighted by Crippen LogP contribution is 2.24. The molecule has 6 nitrogen and oxygen atoms in total. The van der Waals surface area contributed by atoms with Crippen LogP contribution in [-0.2, 0) is 16.4 Å². The van der Waals surface area contributed by atoms with Crippen LogP contribution in [0.2, 0.25) is 0 Å². The normalized spacial score (nSPS) is 11.6. The summed E-state index contributed by atoms with van der Waals surface area (Å²) < 4.78 is 27.1. The predicted octanol–water partition coefficient (Wildman–Crippen LogP) is 3.55. The molecule has 1 aromatic carbocycles. The first-order chi connectivity index (χ1) is 12.1. The average molecular weight is 377 g/mol. The predicted molar refractivity (Wildman–Crippen MR) is 97.4 cm³/mol. The molecular weight excluding hydrogens is 358 g/mol. The first-order valence-corrected chi connectivity index (χ1v) is 10.3. The molecule has 0 atom stereocenters. The number of hydrogen-bond donors (Lipinski definition) is 1. The third kappa shape index (κ3) is 4.28. The quantitative estimate of drug-likeness (QED) is 0.609. The van der Waals surface area contributed by atoms with E-state index in [0.717, 1.165) is 30.5 Å². The summed E-state index contributed by atoms with van der Waals surface area (Å²) in [5, 5.41) is 1.79. The van der Waals surface area contributed by atoms with E-state index in [0.29, 0.717) is 9.96 Å². The standard InChI is InChI=1S/C17H19N3O3S2/c1-2-3-4-14-9-12-24-17(14)25(21,22)19-23-16-7-5-15(6-8-16)20-11-10-18-13-20/h5-13,19H,2-4H2,1H3. The monoisotopic (exact) mass is 377 g/mol. The van der Waals surface area contributed by atoms with Gasteiger partial charge in [-0.1, -0.05) is 13.3 Å². The lowest BCUT2D eigenvalue weighted by molar-refractivity contribution is 0.269. The maximum atomic E-state index is 12.5. The maximum Gasteiger partial charge on any atom is 0.281 e. The molecule has 0 unspecified atom stereocenters. The van der Waals surface area contributed by atoms with Crippen LogP contribution in [0.15, 0.2) is 58.6 Å². The van der Waals surface area contributed by atoms with Crippen molar-refractivity contribution in [3.63, 3.8) is 0 Å². The van der Waals surface area contributed by atoms with Gasteiger partial charge in [0.15, 0.2) is 0 Å². The number of imidazole rings is 1. The van der Waals surface area contributed by atoms with Crippen LogP contribution >= 0.6 is 11.3 Å². The molecule has 0 spiro atoms. The van der Waals surface area contributed by atoms with E-state index in [9.17, 15) is 8.42 Å². The number of benzene rings is 1. The molecule has 3 aromatic rings. The zero-order valence-electron chi connectivity index (χ0n) is 13.8. The molecule has 1 N–H and O–H groups in total. The summed E-state index contributed by atoms with van der Waals surface area (Å²) in [6.07, 6.45) is 7.92. The Morgan fingerprint density at radius 1 is 1.24 bits per heavy atom. The Kier molecular flexibility index (Phi) is 5.52. The van der Waals surface area contributed by atoms with Crippen molar-refractivity contribution in [2.75, 3.05) is 0 Å². The fourth-order valence-electron chi connectivity index (χ4n) is 2.35. The third-order valence-corrected chi connectivity index (χ3v) is 6.41. The number of nitrogens with zero attached hydrogens (tertiary/aromatic N) is 2. The van der Waals surface area contributed by atoms with Gasteiger partial charge in [0.1, 0.15) is 9.96 Å². The van der Waals surface area contributed by atoms with Crippen LogP contribution in [0.1, 0.15) is 25.3 Å². The number of thiophene rings is 1. The molecule has 0 bridgehead atoms. The number of nitrogens with one attached hydrogen (secondary N) is 1. The van der Waals surface area contributed by atoms with Crippen molar-refractivity contribution in [3.05, 3.63) is 60.0 Å². The van der Waals surface area contributed by atoms with Gasteiger partial charge in [0, 0.05) is 18.1 Å². The smallest absolute Gasteiger partial charge is 0.281 e. The van der Waals surface area contributed by atoms with Crippen LogP contribution < -0.4 is 9.72 Å². The van der Waals surface area contributed by atoms with Gasteiger partial charge in [-0.25, -0.2) is 13.4 Å². The van der Waals surface area contributed by atoms with Crippen molar-refractivity contribution in [3.8, 4) is 11.4 Å². The topological polar surface area (TPSA) is 73.2 Å². The zero-order chi connectivity index (χ0) is 17.7. The molecular formula is C17H19N3O3S2. The SMILES string of the molecule is CCCCc1ccsc1S(=O)(=O)NOc1ccc(-n2ccnc2)cc1. The van der Waals surface area contributed by atoms with Crippen molar-refractivity contribution in [2.45, 2.75) is 30.4 Å². The van der Waals surface area contributed by atoms with Crippen LogP contribution in [-0.4, -0.2) is 18.0 Å². The minimum atomic E-state index is -3.70. The van der Waals surface area contributed by atoms with Gasteiger partial charge < -0.3 is 9.40 Å². The lowest BCUT2D eigenvalue weighted by atomic mass is 10.2. The fraction of sp³-hybridized carbons (Fsp3) is 0.235. The van der Waals surface area contributed by atoms with Crippen LogP contribution in [0.5, 0.6) is 5.75 Å². The Bertz CT molecular complexity index is 901. The van der Waals surface area contributed by atoms with E-state index in [1.807, 2.05) is 29.0 Å². The van der Waals surface area contributed by atoms with Gasteiger partial charge in [0.05, 0.1) is 6.33 Å². The summed E-state index contributed by atoms with van der Waals surface area (Å²) in [7, 11) is -3.70. The molecule has 2 aromatic heterocycles. The summed E-state index contributed by atoms with van der Waals surface area (Å²) in [5.74, 6) is 0.416. The number of aromatic nitrogens is 2. The molecule has 3 rings (SSSR count). The summed E-state index contributed by atoms with van der Waals surface area (Å²) in [6, 6.07) is 8.90. The minimum Gasteiger partial charge on any atom is -0.394 e. The van der Waals surface area contributed by atoms with Gasteiger partial charge in [-0.15, -0.1) is 11.3 Å². The number of aryl methyl sites for hydroxylation is 1. The average Bonchev–Trinajstić information content (AvgIpc) is 3.30. The van der Waals surface area contributed by atoms with Crippen molar-refractivity contribution < 1.29 is 13.3 Å². The molecule has 0 aliphatic carbocycles. The van der Waals surface area contributed by atoms with E-state index in [4.69, 9.17) is 4.84 Å². The highest BCUT2D eigenvalue weighted by molar-refractivity contribution is 7.91. The van der Waals surface area contributed by atoms with Gasteiger partial charge in [0.2, 0.25) is 0 Å². The number of hydrogen-bond acceptors (Lipinski definition) is 5. The maximum absolute atomic E-state index is 12.5. The first-order valence-electron chi connectivity index (χ1n) is 7.93. The van der Waals surface area contributed by atoms with Gasteiger partial charge in [-0.2, -0.15) is 0 Å². The Labute approximate surface area is 151 Å². The molecule has 132 valence electrons. The van der Waals surface area contributed by atoms with Crippen molar-refractivity contribution in [1.29, 1.82) is 0 Å². The van der Waals surface area contributed by atoms with E-state index < -0.39 is 10.0 Å². The van der Waals surface area contributed by atoms with Crippen LogP contribution in [0.25, 0.3) is 5.69 Å². The number of sulfonamides is 1. The molecule has 0 amide bonds. The highest BCUT2D eigenvalue weighted by Gasteiger charge is 2.20. The molecule has 0 aliphatic rings.